The summed E-state index contributed by atoms with van der Waals surface area (Å²) in [5.41, 5.74) is 1.39. The van der Waals surface area contributed by atoms with Crippen LogP contribution >= 0.6 is 0 Å². The smallest absolute Gasteiger partial charge is 0.170 e. The molecule has 0 bridgehead atoms. The Balaban J connectivity index is 2.13. The van der Waals surface area contributed by atoms with Crippen molar-refractivity contribution in [3.63, 3.8) is 0 Å². The maximum Gasteiger partial charge on any atom is 0.170 e. The normalized spacial score (nSPS) is 23.7. The first-order valence-corrected chi connectivity index (χ1v) is 9.45. The average molecular weight is 319 g/mol. The van der Waals surface area contributed by atoms with Crippen LogP contribution in [0.4, 0.5) is 0 Å². The SMILES string of the molecule is COC1(OC)CCCCCCCCCCC1Cc1ccccc1. The molecule has 130 valence electrons. The fourth-order valence-electron chi connectivity index (χ4n) is 4.02. The van der Waals surface area contributed by atoms with Crippen LogP contribution in [0.5, 0.6) is 0 Å². The van der Waals surface area contributed by atoms with Gasteiger partial charge in [0.25, 0.3) is 0 Å². The lowest BCUT2D eigenvalue weighted by atomic mass is 9.83. The Morgan fingerprint density at radius 3 is 2.00 bits per heavy atom. The second-order valence-electron chi connectivity index (χ2n) is 6.97. The van der Waals surface area contributed by atoms with Crippen molar-refractivity contribution in [1.29, 1.82) is 0 Å². The first-order chi connectivity index (χ1) is 11.3. The van der Waals surface area contributed by atoms with Gasteiger partial charge in [0.1, 0.15) is 0 Å². The van der Waals surface area contributed by atoms with Crippen molar-refractivity contribution in [2.24, 2.45) is 5.92 Å². The number of ether oxygens (including phenoxy) is 2. The molecule has 0 aromatic heterocycles. The summed E-state index contributed by atoms with van der Waals surface area (Å²) < 4.78 is 12.0. The van der Waals surface area contributed by atoms with E-state index < -0.39 is 5.79 Å². The largest absolute Gasteiger partial charge is 0.353 e. The molecular formula is C21H34O2. The van der Waals surface area contributed by atoms with Crippen molar-refractivity contribution < 1.29 is 9.47 Å². The quantitative estimate of drug-likeness (QED) is 0.658. The molecule has 0 amide bonds. The lowest BCUT2D eigenvalue weighted by Gasteiger charge is -2.39. The van der Waals surface area contributed by atoms with Crippen molar-refractivity contribution in [3.8, 4) is 0 Å². The van der Waals surface area contributed by atoms with Gasteiger partial charge in [0.15, 0.2) is 5.79 Å². The van der Waals surface area contributed by atoms with Gasteiger partial charge >= 0.3 is 0 Å². The fourth-order valence-corrected chi connectivity index (χ4v) is 4.02. The van der Waals surface area contributed by atoms with Crippen LogP contribution in [0.3, 0.4) is 0 Å². The molecule has 23 heavy (non-hydrogen) atoms. The molecule has 0 radical (unpaired) electrons. The number of benzene rings is 1. The first kappa shape index (κ1) is 18.5. The molecule has 0 saturated heterocycles. The van der Waals surface area contributed by atoms with Gasteiger partial charge in [0.2, 0.25) is 0 Å². The molecule has 1 saturated carbocycles. The van der Waals surface area contributed by atoms with E-state index in [2.05, 4.69) is 30.3 Å². The highest BCUT2D eigenvalue weighted by atomic mass is 16.7. The maximum absolute atomic E-state index is 5.99. The summed E-state index contributed by atoms with van der Waals surface area (Å²) in [4.78, 5) is 0. The van der Waals surface area contributed by atoms with Crippen LogP contribution < -0.4 is 0 Å². The topological polar surface area (TPSA) is 18.5 Å². The van der Waals surface area contributed by atoms with Crippen LogP contribution in [0.2, 0.25) is 0 Å². The summed E-state index contributed by atoms with van der Waals surface area (Å²) in [6, 6.07) is 10.8. The lowest BCUT2D eigenvalue weighted by Crippen LogP contribution is -2.43. The Kier molecular flexibility index (Phi) is 8.11. The minimum absolute atomic E-state index is 0.422. The number of rotatable bonds is 4. The van der Waals surface area contributed by atoms with Gasteiger partial charge in [-0.25, -0.2) is 0 Å². The summed E-state index contributed by atoms with van der Waals surface area (Å²) in [6.07, 6.45) is 13.9. The van der Waals surface area contributed by atoms with Crippen LogP contribution in [0.15, 0.2) is 30.3 Å². The molecule has 2 heteroatoms. The summed E-state index contributed by atoms with van der Waals surface area (Å²) in [5, 5.41) is 0. The Labute approximate surface area is 142 Å². The highest BCUT2D eigenvalue weighted by Crippen LogP contribution is 2.35. The number of hydrogen-bond donors (Lipinski definition) is 0. The van der Waals surface area contributed by atoms with E-state index in [0.717, 1.165) is 12.8 Å². The fraction of sp³-hybridized carbons (Fsp3) is 0.714. The molecule has 1 aliphatic rings. The van der Waals surface area contributed by atoms with Gasteiger partial charge in [-0.05, 0) is 24.8 Å². The average Bonchev–Trinajstić information content (AvgIpc) is 2.59. The molecule has 0 aliphatic heterocycles. The monoisotopic (exact) mass is 318 g/mol. The van der Waals surface area contributed by atoms with E-state index in [0.29, 0.717) is 5.92 Å². The third kappa shape index (κ3) is 5.61. The van der Waals surface area contributed by atoms with Gasteiger partial charge in [-0.3, -0.25) is 0 Å². The highest BCUT2D eigenvalue weighted by Gasteiger charge is 2.38. The van der Waals surface area contributed by atoms with Crippen LogP contribution in [0.1, 0.15) is 69.8 Å². The molecular weight excluding hydrogens is 284 g/mol. The zero-order valence-electron chi connectivity index (χ0n) is 15.1. The Hall–Kier alpha value is -0.860. The van der Waals surface area contributed by atoms with E-state index >= 15 is 0 Å². The summed E-state index contributed by atoms with van der Waals surface area (Å²) in [6.45, 7) is 0. The third-order valence-electron chi connectivity index (χ3n) is 5.47. The summed E-state index contributed by atoms with van der Waals surface area (Å²) in [7, 11) is 3.65. The molecule has 2 rings (SSSR count). The van der Waals surface area contributed by atoms with Gasteiger partial charge in [-0.15, -0.1) is 0 Å². The van der Waals surface area contributed by atoms with Crippen LogP contribution in [0.25, 0.3) is 0 Å². The molecule has 1 aromatic carbocycles. The van der Waals surface area contributed by atoms with E-state index in [1.165, 1.54) is 63.4 Å². The predicted molar refractivity (Wildman–Crippen MR) is 96.6 cm³/mol. The van der Waals surface area contributed by atoms with Crippen molar-refractivity contribution in [2.75, 3.05) is 14.2 Å². The second kappa shape index (κ2) is 10.1. The van der Waals surface area contributed by atoms with E-state index in [4.69, 9.17) is 9.47 Å². The van der Waals surface area contributed by atoms with E-state index in [1.807, 2.05) is 14.2 Å². The second-order valence-corrected chi connectivity index (χ2v) is 6.97. The van der Waals surface area contributed by atoms with E-state index in [1.54, 1.807) is 0 Å². The van der Waals surface area contributed by atoms with Crippen molar-refractivity contribution in [2.45, 2.75) is 76.4 Å². The van der Waals surface area contributed by atoms with E-state index in [9.17, 15) is 0 Å². The van der Waals surface area contributed by atoms with Gasteiger partial charge in [0, 0.05) is 26.6 Å². The molecule has 1 unspecified atom stereocenters. The summed E-state index contributed by atoms with van der Waals surface area (Å²) >= 11 is 0. The van der Waals surface area contributed by atoms with Crippen LogP contribution in [-0.4, -0.2) is 20.0 Å². The molecule has 1 atom stereocenters. The molecule has 2 nitrogen and oxygen atoms in total. The zero-order chi connectivity index (χ0) is 16.4. The molecule has 0 spiro atoms. The minimum atomic E-state index is -0.422. The number of hydrogen-bond acceptors (Lipinski definition) is 2. The van der Waals surface area contributed by atoms with Gasteiger partial charge in [-0.1, -0.05) is 75.3 Å². The van der Waals surface area contributed by atoms with Gasteiger partial charge in [-0.2, -0.15) is 0 Å². The molecule has 0 heterocycles. The first-order valence-electron chi connectivity index (χ1n) is 9.45. The van der Waals surface area contributed by atoms with Crippen molar-refractivity contribution in [3.05, 3.63) is 35.9 Å². The Morgan fingerprint density at radius 2 is 1.39 bits per heavy atom. The van der Waals surface area contributed by atoms with E-state index in [-0.39, 0.29) is 0 Å². The Bertz CT molecular complexity index is 411. The lowest BCUT2D eigenvalue weighted by molar-refractivity contribution is -0.246. The predicted octanol–water partition coefficient (Wildman–Crippen LogP) is 5.75. The standard InChI is InChI=1S/C21H34O2/c1-22-21(23-2)17-13-8-6-4-3-5-7-12-16-20(21)18-19-14-10-9-11-15-19/h9-11,14-15,20H,3-8,12-13,16-18H2,1-2H3. The minimum Gasteiger partial charge on any atom is -0.353 e. The van der Waals surface area contributed by atoms with Crippen molar-refractivity contribution in [1.82, 2.24) is 0 Å². The summed E-state index contributed by atoms with van der Waals surface area (Å²) in [5.74, 6) is 0.00834. The van der Waals surface area contributed by atoms with Crippen molar-refractivity contribution >= 4 is 0 Å². The van der Waals surface area contributed by atoms with Crippen LogP contribution in [-0.2, 0) is 15.9 Å². The maximum atomic E-state index is 5.99. The molecule has 0 N–H and O–H groups in total. The van der Waals surface area contributed by atoms with Gasteiger partial charge < -0.3 is 9.47 Å². The van der Waals surface area contributed by atoms with Crippen LogP contribution in [0, 0.1) is 5.92 Å². The Morgan fingerprint density at radius 1 is 0.826 bits per heavy atom. The molecule has 1 aliphatic carbocycles. The molecule has 1 fully saturated rings. The third-order valence-corrected chi connectivity index (χ3v) is 5.47. The van der Waals surface area contributed by atoms with Gasteiger partial charge in [0.05, 0.1) is 0 Å². The molecule has 1 aromatic rings. The number of methoxy groups -OCH3 is 2. The zero-order valence-corrected chi connectivity index (χ0v) is 15.1. The highest BCUT2D eigenvalue weighted by molar-refractivity contribution is 5.15.